The van der Waals surface area contributed by atoms with Crippen molar-refractivity contribution in [3.05, 3.63) is 17.5 Å². The Kier molecular flexibility index (Phi) is 4.06. The predicted molar refractivity (Wildman–Crippen MR) is 61.1 cm³/mol. The summed E-state index contributed by atoms with van der Waals surface area (Å²) in [7, 11) is 3.82. The molecule has 0 aliphatic heterocycles. The summed E-state index contributed by atoms with van der Waals surface area (Å²) >= 11 is 0. The molecule has 0 radical (unpaired) electrons. The van der Waals surface area contributed by atoms with Crippen LogP contribution in [0.25, 0.3) is 0 Å². The van der Waals surface area contributed by atoms with Gasteiger partial charge in [-0.1, -0.05) is 6.92 Å². The van der Waals surface area contributed by atoms with Gasteiger partial charge in [0, 0.05) is 31.4 Å². The lowest BCUT2D eigenvalue weighted by molar-refractivity contribution is -0.141. The first-order chi connectivity index (χ1) is 7.41. The normalized spacial score (nSPS) is 13.1. The lowest BCUT2D eigenvalue weighted by Gasteiger charge is -2.18. The van der Waals surface area contributed by atoms with Crippen molar-refractivity contribution in [2.45, 2.75) is 20.4 Å². The van der Waals surface area contributed by atoms with E-state index < -0.39 is 5.97 Å². The molecule has 1 unspecified atom stereocenters. The van der Waals surface area contributed by atoms with E-state index in [0.717, 1.165) is 17.8 Å². The van der Waals surface area contributed by atoms with Crippen LogP contribution in [0.2, 0.25) is 0 Å². The Morgan fingerprint density at radius 1 is 1.69 bits per heavy atom. The van der Waals surface area contributed by atoms with Gasteiger partial charge in [-0.05, 0) is 14.0 Å². The number of hydrogen-bond donors (Lipinski definition) is 1. The number of aliphatic carboxylic acids is 1. The Morgan fingerprint density at radius 3 is 2.75 bits per heavy atom. The third-order valence-electron chi connectivity index (χ3n) is 2.78. The molecular formula is C11H19N3O2. The smallest absolute Gasteiger partial charge is 0.307 e. The van der Waals surface area contributed by atoms with Crippen molar-refractivity contribution in [2.24, 2.45) is 13.0 Å². The lowest BCUT2D eigenvalue weighted by Crippen LogP contribution is -2.28. The summed E-state index contributed by atoms with van der Waals surface area (Å²) < 4.78 is 1.82. The Morgan fingerprint density at radius 2 is 2.31 bits per heavy atom. The molecule has 0 saturated heterocycles. The van der Waals surface area contributed by atoms with Crippen LogP contribution < -0.4 is 0 Å². The van der Waals surface area contributed by atoms with Crippen LogP contribution in [0.1, 0.15) is 18.2 Å². The van der Waals surface area contributed by atoms with Crippen molar-refractivity contribution in [1.82, 2.24) is 14.7 Å². The summed E-state index contributed by atoms with van der Waals surface area (Å²) in [6.45, 7) is 5.01. The molecule has 0 amide bonds. The maximum Gasteiger partial charge on any atom is 0.307 e. The third-order valence-corrected chi connectivity index (χ3v) is 2.78. The van der Waals surface area contributed by atoms with Crippen molar-refractivity contribution in [1.29, 1.82) is 0 Å². The molecule has 5 heteroatoms. The molecule has 0 bridgehead atoms. The second kappa shape index (κ2) is 5.12. The monoisotopic (exact) mass is 225 g/mol. The molecule has 90 valence electrons. The fourth-order valence-corrected chi connectivity index (χ4v) is 1.60. The Hall–Kier alpha value is -1.36. The van der Waals surface area contributed by atoms with Crippen molar-refractivity contribution in [3.63, 3.8) is 0 Å². The molecule has 1 aromatic heterocycles. The zero-order chi connectivity index (χ0) is 12.3. The highest BCUT2D eigenvalue weighted by molar-refractivity contribution is 5.69. The van der Waals surface area contributed by atoms with Gasteiger partial charge in [-0.3, -0.25) is 9.48 Å². The summed E-state index contributed by atoms with van der Waals surface area (Å²) in [5, 5.41) is 13.0. The standard InChI is InChI=1S/C11H19N3O2/c1-8(11(15)16)6-13(3)7-10-5-12-14(4)9(10)2/h5,8H,6-7H2,1-4H3,(H,15,16). The van der Waals surface area contributed by atoms with Crippen LogP contribution >= 0.6 is 0 Å². The second-order valence-electron chi connectivity index (χ2n) is 4.31. The average molecular weight is 225 g/mol. The lowest BCUT2D eigenvalue weighted by atomic mass is 10.1. The number of carbonyl (C=O) groups is 1. The molecule has 1 N–H and O–H groups in total. The zero-order valence-electron chi connectivity index (χ0n) is 10.3. The van der Waals surface area contributed by atoms with Crippen LogP contribution in [-0.2, 0) is 18.4 Å². The summed E-state index contributed by atoms with van der Waals surface area (Å²) in [4.78, 5) is 12.7. The van der Waals surface area contributed by atoms with E-state index in [2.05, 4.69) is 5.10 Å². The quantitative estimate of drug-likeness (QED) is 0.808. The van der Waals surface area contributed by atoms with E-state index in [1.807, 2.05) is 36.8 Å². The molecule has 0 aliphatic carbocycles. The van der Waals surface area contributed by atoms with Crippen LogP contribution in [0.5, 0.6) is 0 Å². The summed E-state index contributed by atoms with van der Waals surface area (Å²) in [5.74, 6) is -1.10. The molecule has 0 spiro atoms. The minimum Gasteiger partial charge on any atom is -0.481 e. The largest absolute Gasteiger partial charge is 0.481 e. The van der Waals surface area contributed by atoms with E-state index in [0.29, 0.717) is 6.54 Å². The fraction of sp³-hybridized carbons (Fsp3) is 0.636. The Balaban J connectivity index is 2.55. The molecule has 16 heavy (non-hydrogen) atoms. The average Bonchev–Trinajstić information content (AvgIpc) is 2.49. The molecule has 1 heterocycles. The molecule has 1 atom stereocenters. The number of carboxylic acid groups (broad SMARTS) is 1. The van der Waals surface area contributed by atoms with Gasteiger partial charge in [-0.2, -0.15) is 5.10 Å². The van der Waals surface area contributed by atoms with Gasteiger partial charge in [0.2, 0.25) is 0 Å². The molecule has 0 saturated carbocycles. The van der Waals surface area contributed by atoms with Gasteiger partial charge < -0.3 is 10.0 Å². The number of aryl methyl sites for hydroxylation is 1. The van der Waals surface area contributed by atoms with E-state index in [1.165, 1.54) is 0 Å². The first-order valence-corrected chi connectivity index (χ1v) is 5.30. The van der Waals surface area contributed by atoms with Gasteiger partial charge in [-0.15, -0.1) is 0 Å². The summed E-state index contributed by atoms with van der Waals surface area (Å²) in [5.41, 5.74) is 2.26. The maximum atomic E-state index is 10.7. The molecule has 0 aromatic carbocycles. The van der Waals surface area contributed by atoms with Crippen LogP contribution in [-0.4, -0.2) is 39.3 Å². The van der Waals surface area contributed by atoms with Crippen LogP contribution in [0.3, 0.4) is 0 Å². The van der Waals surface area contributed by atoms with E-state index in [4.69, 9.17) is 5.11 Å². The second-order valence-corrected chi connectivity index (χ2v) is 4.31. The van der Waals surface area contributed by atoms with Crippen molar-refractivity contribution in [3.8, 4) is 0 Å². The molecule has 5 nitrogen and oxygen atoms in total. The van der Waals surface area contributed by atoms with E-state index >= 15 is 0 Å². The highest BCUT2D eigenvalue weighted by Gasteiger charge is 2.14. The summed E-state index contributed by atoms with van der Waals surface area (Å²) in [6, 6.07) is 0. The molecule has 0 fully saturated rings. The Bertz CT molecular complexity index is 373. The highest BCUT2D eigenvalue weighted by atomic mass is 16.4. The summed E-state index contributed by atoms with van der Waals surface area (Å²) in [6.07, 6.45) is 1.83. The number of hydrogen-bond acceptors (Lipinski definition) is 3. The third kappa shape index (κ3) is 3.06. The zero-order valence-corrected chi connectivity index (χ0v) is 10.3. The van der Waals surface area contributed by atoms with Gasteiger partial charge in [-0.25, -0.2) is 0 Å². The molecule has 1 aromatic rings. The topological polar surface area (TPSA) is 58.4 Å². The number of carboxylic acids is 1. The highest BCUT2D eigenvalue weighted by Crippen LogP contribution is 2.09. The van der Waals surface area contributed by atoms with E-state index in [-0.39, 0.29) is 5.92 Å². The van der Waals surface area contributed by atoms with Crippen molar-refractivity contribution < 1.29 is 9.90 Å². The van der Waals surface area contributed by atoms with E-state index in [1.54, 1.807) is 6.92 Å². The fourth-order valence-electron chi connectivity index (χ4n) is 1.60. The molecule has 0 aliphatic rings. The minimum absolute atomic E-state index is 0.345. The van der Waals surface area contributed by atoms with Crippen LogP contribution in [0, 0.1) is 12.8 Å². The number of nitrogens with zero attached hydrogens (tertiary/aromatic N) is 3. The first kappa shape index (κ1) is 12.7. The molecular weight excluding hydrogens is 206 g/mol. The van der Waals surface area contributed by atoms with Gasteiger partial charge in [0.05, 0.1) is 12.1 Å². The predicted octanol–water partition coefficient (Wildman–Crippen LogP) is 0.881. The van der Waals surface area contributed by atoms with Gasteiger partial charge in [0.25, 0.3) is 0 Å². The maximum absolute atomic E-state index is 10.7. The van der Waals surface area contributed by atoms with Crippen molar-refractivity contribution >= 4 is 5.97 Å². The van der Waals surface area contributed by atoms with Gasteiger partial charge in [0.1, 0.15) is 0 Å². The SMILES string of the molecule is Cc1c(CN(C)CC(C)C(=O)O)cnn1C. The van der Waals surface area contributed by atoms with Crippen LogP contribution in [0.4, 0.5) is 0 Å². The number of aromatic nitrogens is 2. The number of rotatable bonds is 5. The molecule has 1 rings (SSSR count). The Labute approximate surface area is 95.7 Å². The van der Waals surface area contributed by atoms with E-state index in [9.17, 15) is 4.79 Å². The van der Waals surface area contributed by atoms with Crippen LogP contribution in [0.15, 0.2) is 6.20 Å². The van der Waals surface area contributed by atoms with Gasteiger partial charge in [0.15, 0.2) is 0 Å². The minimum atomic E-state index is -0.755. The first-order valence-electron chi connectivity index (χ1n) is 5.30. The van der Waals surface area contributed by atoms with Gasteiger partial charge >= 0.3 is 5.97 Å². The van der Waals surface area contributed by atoms with Crippen molar-refractivity contribution in [2.75, 3.05) is 13.6 Å².